The zero-order valence-electron chi connectivity index (χ0n) is 23.8. The number of nitriles is 1. The summed E-state index contributed by atoms with van der Waals surface area (Å²) in [6.45, 7) is 5.58. The standard InChI is InChI=1S/C32H31FN6O4/c1-32(24-6-5-20(31(35)40)13-25(24)33)42-28-4-2-3-23(30(28)43-32)19-7-10-38(11-8-19)18-29-37-26-14-21(15-34)36-16-27(26)39(29)17-22-9-12-41-22/h2-6,13-14,16,19,22H,7-12,17-18H2,1H3,(H2,35,40). The number of aromatic nitrogens is 3. The lowest BCUT2D eigenvalue weighted by atomic mass is 9.88. The van der Waals surface area contributed by atoms with Crippen LogP contribution in [0.3, 0.4) is 0 Å². The summed E-state index contributed by atoms with van der Waals surface area (Å²) in [6, 6.07) is 13.8. The molecule has 0 saturated carbocycles. The van der Waals surface area contributed by atoms with Crippen molar-refractivity contribution in [2.75, 3.05) is 19.7 Å². The molecule has 2 saturated heterocycles. The smallest absolute Gasteiger partial charge is 0.278 e. The predicted molar refractivity (Wildman–Crippen MR) is 154 cm³/mol. The molecule has 2 aromatic heterocycles. The van der Waals surface area contributed by atoms with Crippen molar-refractivity contribution >= 4 is 16.9 Å². The van der Waals surface area contributed by atoms with Crippen LogP contribution >= 0.6 is 0 Å². The van der Waals surface area contributed by atoms with Crippen molar-refractivity contribution in [2.45, 2.75) is 57.1 Å². The molecule has 2 fully saturated rings. The molecule has 3 aliphatic heterocycles. The second-order valence-corrected chi connectivity index (χ2v) is 11.5. The molecule has 5 heterocycles. The Morgan fingerprint density at radius 3 is 2.70 bits per heavy atom. The van der Waals surface area contributed by atoms with Crippen LogP contribution in [0.2, 0.25) is 0 Å². The molecule has 0 radical (unpaired) electrons. The molecular formula is C32H31FN6O4. The summed E-state index contributed by atoms with van der Waals surface area (Å²) >= 11 is 0. The summed E-state index contributed by atoms with van der Waals surface area (Å²) in [6.07, 6.45) is 4.74. The van der Waals surface area contributed by atoms with Gasteiger partial charge in [-0.05, 0) is 62.5 Å². The van der Waals surface area contributed by atoms with E-state index in [4.69, 9.17) is 24.9 Å². The summed E-state index contributed by atoms with van der Waals surface area (Å²) < 4.78 is 35.4. The number of hydrogen-bond acceptors (Lipinski definition) is 8. The van der Waals surface area contributed by atoms with Crippen molar-refractivity contribution in [2.24, 2.45) is 5.73 Å². The number of pyridine rings is 1. The highest BCUT2D eigenvalue weighted by Gasteiger charge is 2.43. The number of amides is 1. The molecule has 1 amide bonds. The fourth-order valence-corrected chi connectivity index (χ4v) is 6.31. The molecule has 2 unspecified atom stereocenters. The van der Waals surface area contributed by atoms with Crippen LogP contribution in [0.5, 0.6) is 11.5 Å². The van der Waals surface area contributed by atoms with Crippen LogP contribution in [0.4, 0.5) is 4.39 Å². The zero-order chi connectivity index (χ0) is 29.7. The Balaban J connectivity index is 1.07. The number of halogens is 1. The quantitative estimate of drug-likeness (QED) is 0.341. The number of primary amides is 1. The van der Waals surface area contributed by atoms with Gasteiger partial charge in [-0.25, -0.2) is 14.4 Å². The molecule has 43 heavy (non-hydrogen) atoms. The van der Waals surface area contributed by atoms with Gasteiger partial charge in [0.2, 0.25) is 5.91 Å². The average Bonchev–Trinajstić information content (AvgIpc) is 3.51. The van der Waals surface area contributed by atoms with Crippen LogP contribution in [-0.2, 0) is 23.6 Å². The maximum atomic E-state index is 15.0. The first-order valence-electron chi connectivity index (χ1n) is 14.5. The van der Waals surface area contributed by atoms with Crippen LogP contribution in [0.15, 0.2) is 48.7 Å². The highest BCUT2D eigenvalue weighted by molar-refractivity contribution is 5.92. The number of likely N-dealkylation sites (tertiary alicyclic amines) is 1. The molecular weight excluding hydrogens is 551 g/mol. The number of hydrogen-bond donors (Lipinski definition) is 1. The summed E-state index contributed by atoms with van der Waals surface area (Å²) in [5, 5.41) is 9.31. The second-order valence-electron chi connectivity index (χ2n) is 11.5. The van der Waals surface area contributed by atoms with Crippen molar-refractivity contribution in [1.29, 1.82) is 5.26 Å². The van der Waals surface area contributed by atoms with E-state index in [9.17, 15) is 10.1 Å². The van der Waals surface area contributed by atoms with Gasteiger partial charge in [0.05, 0.1) is 42.0 Å². The Morgan fingerprint density at radius 1 is 1.19 bits per heavy atom. The zero-order valence-corrected chi connectivity index (χ0v) is 23.8. The van der Waals surface area contributed by atoms with E-state index < -0.39 is 17.5 Å². The van der Waals surface area contributed by atoms with Crippen LogP contribution in [-0.4, -0.2) is 51.1 Å². The minimum Gasteiger partial charge on any atom is -0.444 e. The molecule has 220 valence electrons. The number of carbonyl (C=O) groups is 1. The Labute approximate surface area is 247 Å². The van der Waals surface area contributed by atoms with E-state index in [-0.39, 0.29) is 23.1 Å². The lowest BCUT2D eigenvalue weighted by Crippen LogP contribution is -2.35. The van der Waals surface area contributed by atoms with Gasteiger partial charge >= 0.3 is 0 Å². The summed E-state index contributed by atoms with van der Waals surface area (Å²) in [4.78, 5) is 23.1. The van der Waals surface area contributed by atoms with Crippen LogP contribution < -0.4 is 15.2 Å². The molecule has 10 nitrogen and oxygen atoms in total. The first-order chi connectivity index (χ1) is 20.8. The third kappa shape index (κ3) is 4.96. The Bertz CT molecular complexity index is 1770. The number of nitrogens with two attached hydrogens (primary N) is 1. The van der Waals surface area contributed by atoms with E-state index in [0.717, 1.165) is 67.4 Å². The highest BCUT2D eigenvalue weighted by Crippen LogP contribution is 2.49. The maximum Gasteiger partial charge on any atom is 0.278 e. The van der Waals surface area contributed by atoms with Crippen molar-refractivity contribution in [3.8, 4) is 17.6 Å². The Hall–Kier alpha value is -4.53. The lowest BCUT2D eigenvalue weighted by molar-refractivity contribution is -0.0712. The first-order valence-corrected chi connectivity index (χ1v) is 14.5. The third-order valence-electron chi connectivity index (χ3n) is 8.75. The fraction of sp³-hybridized carbons (Fsp3) is 0.375. The van der Waals surface area contributed by atoms with Crippen LogP contribution in [0.1, 0.15) is 65.1 Å². The average molecular weight is 583 g/mol. The van der Waals surface area contributed by atoms with Gasteiger partial charge in [-0.1, -0.05) is 12.1 Å². The van der Waals surface area contributed by atoms with Crippen molar-refractivity contribution in [3.05, 3.63) is 82.7 Å². The molecule has 2 N–H and O–H groups in total. The van der Waals surface area contributed by atoms with Gasteiger partial charge in [-0.3, -0.25) is 9.69 Å². The van der Waals surface area contributed by atoms with Crippen LogP contribution in [0, 0.1) is 17.1 Å². The molecule has 2 atom stereocenters. The number of nitrogens with zero attached hydrogens (tertiary/aromatic N) is 5. The second kappa shape index (κ2) is 10.6. The van der Waals surface area contributed by atoms with Gasteiger partial charge in [-0.2, -0.15) is 5.26 Å². The number of imidazole rings is 1. The van der Waals surface area contributed by atoms with Gasteiger partial charge < -0.3 is 24.5 Å². The van der Waals surface area contributed by atoms with Gasteiger partial charge in [0.1, 0.15) is 23.4 Å². The van der Waals surface area contributed by atoms with E-state index in [1.807, 2.05) is 12.1 Å². The topological polar surface area (TPSA) is 129 Å². The van der Waals surface area contributed by atoms with E-state index in [2.05, 4.69) is 26.6 Å². The first kappa shape index (κ1) is 27.3. The molecule has 7 rings (SSSR count). The van der Waals surface area contributed by atoms with Crippen molar-refractivity contribution in [3.63, 3.8) is 0 Å². The van der Waals surface area contributed by atoms with Crippen molar-refractivity contribution in [1.82, 2.24) is 19.4 Å². The normalized spacial score (nSPS) is 21.9. The number of carbonyl (C=O) groups excluding carboxylic acids is 1. The number of ether oxygens (including phenoxy) is 3. The summed E-state index contributed by atoms with van der Waals surface area (Å²) in [5.74, 6) is -0.306. The molecule has 3 aliphatic rings. The van der Waals surface area contributed by atoms with Crippen LogP contribution in [0.25, 0.3) is 11.0 Å². The Morgan fingerprint density at radius 2 is 2.00 bits per heavy atom. The number of para-hydroxylation sites is 1. The third-order valence-corrected chi connectivity index (χ3v) is 8.75. The number of benzene rings is 2. The summed E-state index contributed by atoms with van der Waals surface area (Å²) in [5.41, 5.74) is 8.68. The molecule has 0 spiro atoms. The molecule has 11 heteroatoms. The molecule has 0 bridgehead atoms. The fourth-order valence-electron chi connectivity index (χ4n) is 6.31. The largest absolute Gasteiger partial charge is 0.444 e. The van der Waals surface area contributed by atoms with Gasteiger partial charge in [-0.15, -0.1) is 0 Å². The number of fused-ring (bicyclic) bond motifs is 2. The monoisotopic (exact) mass is 582 g/mol. The van der Waals surface area contributed by atoms with E-state index >= 15 is 4.39 Å². The molecule has 0 aliphatic carbocycles. The SMILES string of the molecule is CC1(c2ccc(C(N)=O)cc2F)Oc2cccc(C3CCN(Cc4nc5cc(C#N)ncc5n4CC4CCO4)CC3)c2O1. The van der Waals surface area contributed by atoms with Gasteiger partial charge in [0, 0.05) is 30.7 Å². The van der Waals surface area contributed by atoms with Gasteiger partial charge in [0.15, 0.2) is 11.5 Å². The van der Waals surface area contributed by atoms with Gasteiger partial charge in [0.25, 0.3) is 5.79 Å². The lowest BCUT2D eigenvalue weighted by Gasteiger charge is -2.33. The number of piperidine rings is 1. The Kier molecular flexibility index (Phi) is 6.75. The highest BCUT2D eigenvalue weighted by atomic mass is 19.1. The molecule has 4 aromatic rings. The minimum atomic E-state index is -1.37. The predicted octanol–water partition coefficient (Wildman–Crippen LogP) is 4.35. The van der Waals surface area contributed by atoms with E-state index in [1.165, 1.54) is 12.1 Å². The van der Waals surface area contributed by atoms with E-state index in [0.29, 0.717) is 30.3 Å². The van der Waals surface area contributed by atoms with Crippen molar-refractivity contribution < 1.29 is 23.4 Å². The number of rotatable bonds is 7. The maximum absolute atomic E-state index is 15.0. The molecule has 2 aromatic carbocycles. The minimum absolute atomic E-state index is 0.0864. The summed E-state index contributed by atoms with van der Waals surface area (Å²) in [7, 11) is 0. The van der Waals surface area contributed by atoms with E-state index in [1.54, 1.807) is 19.2 Å².